The molecule has 1 saturated heterocycles. The highest BCUT2D eigenvalue weighted by atomic mass is 32.2. The second-order valence-electron chi connectivity index (χ2n) is 4.97. The standard InChI is InChI=1S/C16H17NO5S/c1-9-7-12(21-3)6-5-11(9)8-13-14(18)17(16(20)23-13)10(2)15(19)22-4/h5-8,10H,1-4H3/b13-8+/t10-/m1/s1. The lowest BCUT2D eigenvalue weighted by molar-refractivity contribution is -0.148. The molecule has 0 unspecified atom stereocenters. The Kier molecular flexibility index (Phi) is 5.10. The maximum Gasteiger partial charge on any atom is 0.328 e. The monoisotopic (exact) mass is 335 g/mol. The van der Waals surface area contributed by atoms with Gasteiger partial charge in [0.2, 0.25) is 0 Å². The third kappa shape index (κ3) is 3.39. The predicted octanol–water partition coefficient (Wildman–Crippen LogP) is 2.60. The highest BCUT2D eigenvalue weighted by Crippen LogP contribution is 2.34. The molecule has 0 radical (unpaired) electrons. The van der Waals surface area contributed by atoms with E-state index in [0.717, 1.165) is 27.8 Å². The van der Waals surface area contributed by atoms with E-state index < -0.39 is 23.2 Å². The fraction of sp³-hybridized carbons (Fsp3) is 0.312. The van der Waals surface area contributed by atoms with Crippen LogP contribution in [-0.4, -0.2) is 42.3 Å². The predicted molar refractivity (Wildman–Crippen MR) is 87.0 cm³/mol. The molecule has 7 heteroatoms. The Balaban J connectivity index is 2.30. The molecule has 1 heterocycles. The highest BCUT2D eigenvalue weighted by molar-refractivity contribution is 8.18. The average Bonchev–Trinajstić information content (AvgIpc) is 2.81. The minimum absolute atomic E-state index is 0.277. The minimum Gasteiger partial charge on any atom is -0.497 e. The van der Waals surface area contributed by atoms with E-state index in [0.29, 0.717) is 5.75 Å². The number of nitrogens with zero attached hydrogens (tertiary/aromatic N) is 1. The number of aryl methyl sites for hydroxylation is 1. The topological polar surface area (TPSA) is 72.9 Å². The third-order valence-corrected chi connectivity index (χ3v) is 4.40. The Morgan fingerprint density at radius 2 is 2.00 bits per heavy atom. The van der Waals surface area contributed by atoms with Crippen LogP contribution < -0.4 is 4.74 Å². The summed E-state index contributed by atoms with van der Waals surface area (Å²) in [6.45, 7) is 3.35. The third-order valence-electron chi connectivity index (χ3n) is 3.52. The van der Waals surface area contributed by atoms with Crippen molar-refractivity contribution in [2.75, 3.05) is 14.2 Å². The number of hydrogen-bond acceptors (Lipinski definition) is 6. The van der Waals surface area contributed by atoms with Crippen molar-refractivity contribution >= 4 is 35.0 Å². The molecule has 1 aromatic rings. The number of rotatable bonds is 4. The van der Waals surface area contributed by atoms with E-state index in [4.69, 9.17) is 4.74 Å². The van der Waals surface area contributed by atoms with Gasteiger partial charge in [-0.2, -0.15) is 0 Å². The van der Waals surface area contributed by atoms with Crippen LogP contribution in [0.3, 0.4) is 0 Å². The van der Waals surface area contributed by atoms with Gasteiger partial charge in [0, 0.05) is 0 Å². The summed E-state index contributed by atoms with van der Waals surface area (Å²) < 4.78 is 9.73. The van der Waals surface area contributed by atoms with Crippen molar-refractivity contribution in [1.82, 2.24) is 4.90 Å². The van der Waals surface area contributed by atoms with Crippen molar-refractivity contribution < 1.29 is 23.9 Å². The molecule has 122 valence electrons. The molecule has 1 aromatic carbocycles. The van der Waals surface area contributed by atoms with Crippen LogP contribution in [0.25, 0.3) is 6.08 Å². The molecule has 2 amide bonds. The maximum atomic E-state index is 12.4. The Bertz CT molecular complexity index is 698. The van der Waals surface area contributed by atoms with Gasteiger partial charge in [-0.15, -0.1) is 0 Å². The number of ether oxygens (including phenoxy) is 2. The van der Waals surface area contributed by atoms with E-state index in [2.05, 4.69) is 4.74 Å². The van der Waals surface area contributed by atoms with E-state index in [9.17, 15) is 14.4 Å². The van der Waals surface area contributed by atoms with Crippen LogP contribution in [0.2, 0.25) is 0 Å². The van der Waals surface area contributed by atoms with Crippen LogP contribution in [0, 0.1) is 6.92 Å². The zero-order chi connectivity index (χ0) is 17.1. The molecule has 0 saturated carbocycles. The molecular formula is C16H17NO5S. The molecule has 1 aliphatic rings. The summed E-state index contributed by atoms with van der Waals surface area (Å²) in [7, 11) is 2.79. The molecule has 1 aliphatic heterocycles. The number of imide groups is 1. The van der Waals surface area contributed by atoms with Crippen LogP contribution in [-0.2, 0) is 14.3 Å². The Hall–Kier alpha value is -2.28. The van der Waals surface area contributed by atoms with E-state index >= 15 is 0 Å². The Morgan fingerprint density at radius 3 is 2.57 bits per heavy atom. The molecule has 0 aromatic heterocycles. The van der Waals surface area contributed by atoms with E-state index in [1.165, 1.54) is 14.0 Å². The van der Waals surface area contributed by atoms with Gasteiger partial charge in [0.25, 0.3) is 11.1 Å². The summed E-state index contributed by atoms with van der Waals surface area (Å²) >= 11 is 0.811. The zero-order valence-corrected chi connectivity index (χ0v) is 14.1. The smallest absolute Gasteiger partial charge is 0.328 e. The average molecular weight is 335 g/mol. The van der Waals surface area contributed by atoms with E-state index in [1.807, 2.05) is 19.1 Å². The van der Waals surface area contributed by atoms with Gasteiger partial charge in [0.1, 0.15) is 11.8 Å². The van der Waals surface area contributed by atoms with Gasteiger partial charge in [0.05, 0.1) is 19.1 Å². The molecule has 1 fully saturated rings. The number of carbonyl (C=O) groups is 3. The van der Waals surface area contributed by atoms with Crippen LogP contribution in [0.5, 0.6) is 5.75 Å². The second-order valence-corrected chi connectivity index (χ2v) is 5.97. The number of esters is 1. The molecule has 6 nitrogen and oxygen atoms in total. The first-order chi connectivity index (χ1) is 10.9. The van der Waals surface area contributed by atoms with Crippen molar-refractivity contribution in [1.29, 1.82) is 0 Å². The lowest BCUT2D eigenvalue weighted by Gasteiger charge is -2.18. The molecule has 0 bridgehead atoms. The number of carbonyl (C=O) groups excluding carboxylic acids is 3. The Morgan fingerprint density at radius 1 is 1.30 bits per heavy atom. The van der Waals surface area contributed by atoms with Gasteiger partial charge < -0.3 is 9.47 Å². The molecule has 1 atom stereocenters. The Labute approximate surface area is 138 Å². The number of hydrogen-bond donors (Lipinski definition) is 0. The van der Waals surface area contributed by atoms with Crippen LogP contribution in [0.4, 0.5) is 4.79 Å². The molecule has 23 heavy (non-hydrogen) atoms. The van der Waals surface area contributed by atoms with Crippen LogP contribution in [0.15, 0.2) is 23.1 Å². The van der Waals surface area contributed by atoms with Gasteiger partial charge in [0.15, 0.2) is 0 Å². The van der Waals surface area contributed by atoms with E-state index in [1.54, 1.807) is 19.3 Å². The van der Waals surface area contributed by atoms with Gasteiger partial charge >= 0.3 is 5.97 Å². The van der Waals surface area contributed by atoms with Gasteiger partial charge in [-0.25, -0.2) is 4.79 Å². The number of methoxy groups -OCH3 is 2. The molecule has 0 spiro atoms. The number of amides is 2. The van der Waals surface area contributed by atoms with Gasteiger partial charge in [-0.3, -0.25) is 14.5 Å². The molecule has 0 N–H and O–H groups in total. The summed E-state index contributed by atoms with van der Waals surface area (Å²) in [4.78, 5) is 37.2. The van der Waals surface area contributed by atoms with Gasteiger partial charge in [-0.05, 0) is 54.9 Å². The van der Waals surface area contributed by atoms with Crippen molar-refractivity contribution in [3.8, 4) is 5.75 Å². The van der Waals surface area contributed by atoms with Crippen molar-refractivity contribution in [3.05, 3.63) is 34.2 Å². The molecular weight excluding hydrogens is 318 g/mol. The fourth-order valence-electron chi connectivity index (χ4n) is 2.17. The lowest BCUT2D eigenvalue weighted by atomic mass is 10.1. The zero-order valence-electron chi connectivity index (χ0n) is 13.3. The van der Waals surface area contributed by atoms with Crippen LogP contribution >= 0.6 is 11.8 Å². The first kappa shape index (κ1) is 17.1. The van der Waals surface area contributed by atoms with Crippen molar-refractivity contribution in [2.24, 2.45) is 0 Å². The first-order valence-corrected chi connectivity index (χ1v) is 7.70. The lowest BCUT2D eigenvalue weighted by Crippen LogP contribution is -2.42. The molecule has 0 aliphatic carbocycles. The fourth-order valence-corrected chi connectivity index (χ4v) is 3.07. The molecule has 2 rings (SSSR count). The summed E-state index contributed by atoms with van der Waals surface area (Å²) in [6.07, 6.45) is 1.64. The van der Waals surface area contributed by atoms with Gasteiger partial charge in [-0.1, -0.05) is 6.07 Å². The van der Waals surface area contributed by atoms with Crippen molar-refractivity contribution in [3.63, 3.8) is 0 Å². The summed E-state index contributed by atoms with van der Waals surface area (Å²) in [5.41, 5.74) is 1.72. The summed E-state index contributed by atoms with van der Waals surface area (Å²) in [6, 6.07) is 4.48. The second kappa shape index (κ2) is 6.87. The first-order valence-electron chi connectivity index (χ1n) is 6.88. The maximum absolute atomic E-state index is 12.4. The normalized spacial score (nSPS) is 17.6. The van der Waals surface area contributed by atoms with E-state index in [-0.39, 0.29) is 4.91 Å². The SMILES string of the molecule is COC(=O)[C@@H](C)N1C(=O)S/C(=C/c2ccc(OC)cc2C)C1=O. The number of thioether (sulfide) groups is 1. The largest absolute Gasteiger partial charge is 0.497 e. The summed E-state index contributed by atoms with van der Waals surface area (Å²) in [5, 5.41) is -0.481. The minimum atomic E-state index is -0.949. The van der Waals surface area contributed by atoms with Crippen LogP contribution in [0.1, 0.15) is 18.1 Å². The summed E-state index contributed by atoms with van der Waals surface area (Å²) in [5.74, 6) is -0.408. The number of benzene rings is 1. The quantitative estimate of drug-likeness (QED) is 0.622. The van der Waals surface area contributed by atoms with Crippen molar-refractivity contribution in [2.45, 2.75) is 19.9 Å². The highest BCUT2D eigenvalue weighted by Gasteiger charge is 2.41.